The molecule has 3 aromatic rings. The van der Waals surface area contributed by atoms with Crippen LogP contribution in [0.3, 0.4) is 0 Å². The maximum Gasteiger partial charge on any atom is 0.416 e. The summed E-state index contributed by atoms with van der Waals surface area (Å²) in [4.78, 5) is 16.2. The van der Waals surface area contributed by atoms with Crippen molar-refractivity contribution in [3.63, 3.8) is 0 Å². The van der Waals surface area contributed by atoms with Gasteiger partial charge in [-0.15, -0.1) is 0 Å². The molecular formula is C19H18F3N5O2. The van der Waals surface area contributed by atoms with Crippen LogP contribution in [-0.2, 0) is 17.5 Å². The number of H-pyrrole nitrogens is 1. The average molecular weight is 405 g/mol. The normalized spacial score (nSPS) is 11.2. The summed E-state index contributed by atoms with van der Waals surface area (Å²) in [5.74, 6) is 1.23. The maximum atomic E-state index is 12.7. The van der Waals surface area contributed by atoms with Gasteiger partial charge in [0.1, 0.15) is 11.6 Å². The number of carbonyl (C=O) groups excluding carboxylic acids is 1. The molecule has 0 fully saturated rings. The molecule has 7 nitrogen and oxygen atoms in total. The van der Waals surface area contributed by atoms with Crippen molar-refractivity contribution in [2.75, 3.05) is 19.0 Å². The minimum absolute atomic E-state index is 0.103. The molecule has 0 radical (unpaired) electrons. The van der Waals surface area contributed by atoms with Gasteiger partial charge in [0.2, 0.25) is 5.91 Å². The standard InChI is InChI=1S/C19H18F3N5O2/c1-29-15-7-5-12(6-8-15)18-25-16(26-27-18)10-24-17(28)11-23-14-4-2-3-13(9-14)19(20,21)22/h2-9,23H,10-11H2,1H3,(H,24,28)(H,25,26,27). The number of aromatic amines is 1. The fourth-order valence-corrected chi connectivity index (χ4v) is 2.48. The monoisotopic (exact) mass is 405 g/mol. The number of ether oxygens (including phenoxy) is 1. The van der Waals surface area contributed by atoms with E-state index in [4.69, 9.17) is 4.74 Å². The van der Waals surface area contributed by atoms with Crippen LogP contribution in [0.1, 0.15) is 11.4 Å². The predicted molar refractivity (Wildman–Crippen MR) is 100 cm³/mol. The number of halogens is 3. The van der Waals surface area contributed by atoms with Crippen molar-refractivity contribution in [2.45, 2.75) is 12.7 Å². The zero-order valence-electron chi connectivity index (χ0n) is 15.4. The molecule has 0 bridgehead atoms. The Morgan fingerprint density at radius 1 is 1.17 bits per heavy atom. The van der Waals surface area contributed by atoms with Crippen molar-refractivity contribution >= 4 is 11.6 Å². The summed E-state index contributed by atoms with van der Waals surface area (Å²) in [6, 6.07) is 11.8. The summed E-state index contributed by atoms with van der Waals surface area (Å²) in [6.07, 6.45) is -4.44. The molecule has 1 amide bonds. The number of alkyl halides is 3. The zero-order valence-corrected chi connectivity index (χ0v) is 15.4. The molecule has 3 rings (SSSR count). The second-order valence-corrected chi connectivity index (χ2v) is 6.04. The Morgan fingerprint density at radius 3 is 2.62 bits per heavy atom. The fraction of sp³-hybridized carbons (Fsp3) is 0.211. The van der Waals surface area contributed by atoms with E-state index in [-0.39, 0.29) is 18.8 Å². The van der Waals surface area contributed by atoms with Gasteiger partial charge in [-0.3, -0.25) is 9.89 Å². The molecule has 0 unspecified atom stereocenters. The van der Waals surface area contributed by atoms with Gasteiger partial charge in [-0.05, 0) is 42.5 Å². The number of hydrogen-bond donors (Lipinski definition) is 3. The van der Waals surface area contributed by atoms with Crippen molar-refractivity contribution in [3.05, 3.63) is 59.9 Å². The predicted octanol–water partition coefficient (Wildman–Crippen LogP) is 3.23. The highest BCUT2D eigenvalue weighted by atomic mass is 19.4. The third-order valence-electron chi connectivity index (χ3n) is 3.98. The molecule has 0 atom stereocenters. The fourth-order valence-electron chi connectivity index (χ4n) is 2.48. The number of nitrogens with one attached hydrogen (secondary N) is 3. The quantitative estimate of drug-likeness (QED) is 0.561. The summed E-state index contributed by atoms with van der Waals surface area (Å²) in [7, 11) is 1.57. The SMILES string of the molecule is COc1ccc(-c2n[nH]c(CNC(=O)CNc3cccc(C(F)(F)F)c3)n2)cc1. The third kappa shape index (κ3) is 5.47. The van der Waals surface area contributed by atoms with E-state index in [2.05, 4.69) is 25.8 Å². The van der Waals surface area contributed by atoms with Gasteiger partial charge in [0.05, 0.1) is 25.8 Å². The maximum absolute atomic E-state index is 12.7. The number of benzene rings is 2. The number of aromatic nitrogens is 3. The van der Waals surface area contributed by atoms with Gasteiger partial charge in [0.15, 0.2) is 5.82 Å². The Labute approximate surface area is 164 Å². The molecule has 1 heterocycles. The number of methoxy groups -OCH3 is 1. The molecule has 0 aliphatic heterocycles. The van der Waals surface area contributed by atoms with E-state index in [0.29, 0.717) is 17.4 Å². The van der Waals surface area contributed by atoms with Crippen LogP contribution in [0, 0.1) is 0 Å². The second-order valence-electron chi connectivity index (χ2n) is 6.04. The van der Waals surface area contributed by atoms with Gasteiger partial charge in [0, 0.05) is 11.3 Å². The Balaban J connectivity index is 1.50. The van der Waals surface area contributed by atoms with Crippen molar-refractivity contribution in [2.24, 2.45) is 0 Å². The van der Waals surface area contributed by atoms with E-state index in [9.17, 15) is 18.0 Å². The second kappa shape index (κ2) is 8.63. The molecule has 1 aromatic heterocycles. The summed E-state index contributed by atoms with van der Waals surface area (Å²) in [5.41, 5.74) is 0.206. The lowest BCUT2D eigenvalue weighted by Crippen LogP contribution is -2.29. The molecule has 10 heteroatoms. The van der Waals surface area contributed by atoms with E-state index in [0.717, 1.165) is 17.7 Å². The summed E-state index contributed by atoms with van der Waals surface area (Å²) < 4.78 is 43.2. The van der Waals surface area contributed by atoms with E-state index in [1.165, 1.54) is 12.1 Å². The molecule has 152 valence electrons. The molecule has 0 spiro atoms. The van der Waals surface area contributed by atoms with Crippen LogP contribution < -0.4 is 15.4 Å². The number of nitrogens with zero attached hydrogens (tertiary/aromatic N) is 2. The van der Waals surface area contributed by atoms with Crippen LogP contribution in [0.5, 0.6) is 5.75 Å². The molecule has 3 N–H and O–H groups in total. The Kier molecular flexibility index (Phi) is 6.01. The number of carbonyl (C=O) groups is 1. The first kappa shape index (κ1) is 20.2. The molecular weight excluding hydrogens is 387 g/mol. The van der Waals surface area contributed by atoms with Crippen LogP contribution in [0.15, 0.2) is 48.5 Å². The van der Waals surface area contributed by atoms with Crippen molar-refractivity contribution < 1.29 is 22.7 Å². The van der Waals surface area contributed by atoms with E-state index in [1.54, 1.807) is 19.2 Å². The van der Waals surface area contributed by atoms with E-state index < -0.39 is 17.6 Å². The molecule has 0 saturated carbocycles. The summed E-state index contributed by atoms with van der Waals surface area (Å²) in [6.45, 7) is -0.0763. The Morgan fingerprint density at radius 2 is 1.93 bits per heavy atom. The summed E-state index contributed by atoms with van der Waals surface area (Å²) in [5, 5.41) is 12.1. The highest BCUT2D eigenvalue weighted by molar-refractivity contribution is 5.80. The molecule has 0 aliphatic rings. The van der Waals surface area contributed by atoms with Crippen LogP contribution in [-0.4, -0.2) is 34.7 Å². The molecule has 2 aromatic carbocycles. The number of rotatable bonds is 7. The van der Waals surface area contributed by atoms with E-state index >= 15 is 0 Å². The van der Waals surface area contributed by atoms with Crippen LogP contribution in [0.2, 0.25) is 0 Å². The molecule has 0 aliphatic carbocycles. The zero-order chi connectivity index (χ0) is 20.9. The topological polar surface area (TPSA) is 91.9 Å². The van der Waals surface area contributed by atoms with Gasteiger partial charge in [-0.2, -0.15) is 18.3 Å². The number of hydrogen-bond acceptors (Lipinski definition) is 5. The first-order valence-electron chi connectivity index (χ1n) is 8.58. The lowest BCUT2D eigenvalue weighted by molar-refractivity contribution is -0.137. The van der Waals surface area contributed by atoms with Crippen LogP contribution >= 0.6 is 0 Å². The van der Waals surface area contributed by atoms with Gasteiger partial charge < -0.3 is 15.4 Å². The van der Waals surface area contributed by atoms with Crippen LogP contribution in [0.4, 0.5) is 18.9 Å². The summed E-state index contributed by atoms with van der Waals surface area (Å²) >= 11 is 0. The third-order valence-corrected chi connectivity index (χ3v) is 3.98. The Hall–Kier alpha value is -3.56. The van der Waals surface area contributed by atoms with Gasteiger partial charge in [-0.25, -0.2) is 4.98 Å². The largest absolute Gasteiger partial charge is 0.497 e. The molecule has 29 heavy (non-hydrogen) atoms. The lowest BCUT2D eigenvalue weighted by atomic mass is 10.2. The lowest BCUT2D eigenvalue weighted by Gasteiger charge is -2.10. The number of amides is 1. The van der Waals surface area contributed by atoms with Crippen molar-refractivity contribution in [3.8, 4) is 17.1 Å². The van der Waals surface area contributed by atoms with Crippen molar-refractivity contribution in [1.82, 2.24) is 20.5 Å². The highest BCUT2D eigenvalue weighted by Crippen LogP contribution is 2.30. The minimum atomic E-state index is -4.44. The smallest absolute Gasteiger partial charge is 0.416 e. The first-order chi connectivity index (χ1) is 13.8. The van der Waals surface area contributed by atoms with Gasteiger partial charge in [-0.1, -0.05) is 6.07 Å². The van der Waals surface area contributed by atoms with E-state index in [1.807, 2.05) is 12.1 Å². The molecule has 0 saturated heterocycles. The van der Waals surface area contributed by atoms with Gasteiger partial charge in [0.25, 0.3) is 0 Å². The average Bonchev–Trinajstić information content (AvgIpc) is 3.19. The minimum Gasteiger partial charge on any atom is -0.497 e. The van der Waals surface area contributed by atoms with Crippen LogP contribution in [0.25, 0.3) is 11.4 Å². The Bertz CT molecular complexity index is 970. The first-order valence-corrected chi connectivity index (χ1v) is 8.58. The van der Waals surface area contributed by atoms with Gasteiger partial charge >= 0.3 is 6.18 Å². The number of anilines is 1. The van der Waals surface area contributed by atoms with Crippen molar-refractivity contribution in [1.29, 1.82) is 0 Å². The highest BCUT2D eigenvalue weighted by Gasteiger charge is 2.30.